The van der Waals surface area contributed by atoms with Crippen LogP contribution in [0.15, 0.2) is 47.3 Å². The molecule has 2 aromatic carbocycles. The molecule has 0 N–H and O–H groups in total. The number of amides is 1. The fourth-order valence-electron chi connectivity index (χ4n) is 4.19. The van der Waals surface area contributed by atoms with Crippen LogP contribution in [0.5, 0.6) is 0 Å². The van der Waals surface area contributed by atoms with Gasteiger partial charge in [0.05, 0.1) is 22.6 Å². The molecule has 0 radical (unpaired) electrons. The van der Waals surface area contributed by atoms with Crippen molar-refractivity contribution < 1.29 is 4.79 Å². The van der Waals surface area contributed by atoms with Crippen molar-refractivity contribution in [1.29, 1.82) is 0 Å². The Bertz CT molecular complexity index is 1190. The number of hydrogen-bond donors (Lipinski definition) is 0. The first-order valence-electron chi connectivity index (χ1n) is 11.4. The molecular formula is C27H35N3O2. The summed E-state index contributed by atoms with van der Waals surface area (Å²) in [5.74, 6) is 0.679. The minimum absolute atomic E-state index is 0.0847. The van der Waals surface area contributed by atoms with Crippen molar-refractivity contribution >= 4 is 16.8 Å². The second-order valence-electron chi connectivity index (χ2n) is 9.92. The lowest BCUT2D eigenvalue weighted by Crippen LogP contribution is -2.39. The Hall–Kier alpha value is -2.95. The summed E-state index contributed by atoms with van der Waals surface area (Å²) in [5, 5.41) is 0.575. The maximum Gasteiger partial charge on any atom is 0.266 e. The summed E-state index contributed by atoms with van der Waals surface area (Å²) in [5.41, 5.74) is 3.37. The highest BCUT2D eigenvalue weighted by Gasteiger charge is 2.29. The molecule has 1 atom stereocenters. The van der Waals surface area contributed by atoms with Gasteiger partial charge >= 0.3 is 0 Å². The second-order valence-corrected chi connectivity index (χ2v) is 9.92. The highest BCUT2D eigenvalue weighted by atomic mass is 16.2. The Kier molecular flexibility index (Phi) is 6.87. The number of carbonyl (C=O) groups excluding carboxylic acids is 1. The summed E-state index contributed by atoms with van der Waals surface area (Å²) < 4.78 is 1.70. The molecule has 3 rings (SSSR count). The first-order valence-corrected chi connectivity index (χ1v) is 11.4. The molecule has 0 aliphatic carbocycles. The van der Waals surface area contributed by atoms with Crippen molar-refractivity contribution in [2.45, 2.75) is 67.3 Å². The molecule has 0 saturated carbocycles. The van der Waals surface area contributed by atoms with Gasteiger partial charge in [-0.15, -0.1) is 0 Å². The van der Waals surface area contributed by atoms with E-state index in [9.17, 15) is 9.59 Å². The van der Waals surface area contributed by atoms with Crippen molar-refractivity contribution in [2.75, 3.05) is 6.54 Å². The summed E-state index contributed by atoms with van der Waals surface area (Å²) in [7, 11) is 0. The molecule has 0 bridgehead atoms. The molecule has 1 unspecified atom stereocenters. The van der Waals surface area contributed by atoms with Crippen LogP contribution in [0.25, 0.3) is 16.6 Å². The Morgan fingerprint density at radius 2 is 1.81 bits per heavy atom. The van der Waals surface area contributed by atoms with E-state index in [0.29, 0.717) is 29.7 Å². The van der Waals surface area contributed by atoms with Gasteiger partial charge in [-0.2, -0.15) is 0 Å². The quantitative estimate of drug-likeness (QED) is 0.498. The largest absolute Gasteiger partial charge is 0.333 e. The molecule has 1 heterocycles. The van der Waals surface area contributed by atoms with E-state index in [1.54, 1.807) is 4.57 Å². The standard InChI is InChI=1S/C27H35N3O2/c1-8-15-29(24(31)17-27(5,6)7)20(4)25-28-22-12-10-9-11-21(22)26(32)30(25)23-14-13-18(2)16-19(23)3/h9-14,16,20H,8,15,17H2,1-7H3. The van der Waals surface area contributed by atoms with Gasteiger partial charge in [-0.3, -0.25) is 14.2 Å². The zero-order chi connectivity index (χ0) is 23.6. The number of aromatic nitrogens is 2. The third kappa shape index (κ3) is 4.93. The van der Waals surface area contributed by atoms with Crippen molar-refractivity contribution in [3.63, 3.8) is 0 Å². The molecule has 32 heavy (non-hydrogen) atoms. The van der Waals surface area contributed by atoms with Gasteiger partial charge in [0.15, 0.2) is 0 Å². The van der Waals surface area contributed by atoms with Gasteiger partial charge in [0, 0.05) is 13.0 Å². The Balaban J connectivity index is 2.25. The van der Waals surface area contributed by atoms with E-state index in [-0.39, 0.29) is 22.9 Å². The summed E-state index contributed by atoms with van der Waals surface area (Å²) in [4.78, 5) is 33.8. The number of fused-ring (bicyclic) bond motifs is 1. The number of nitrogens with zero attached hydrogens (tertiary/aromatic N) is 3. The van der Waals surface area contributed by atoms with Gasteiger partial charge in [0.2, 0.25) is 5.91 Å². The van der Waals surface area contributed by atoms with E-state index in [0.717, 1.165) is 23.2 Å². The van der Waals surface area contributed by atoms with Crippen molar-refractivity contribution in [1.82, 2.24) is 14.5 Å². The monoisotopic (exact) mass is 433 g/mol. The minimum Gasteiger partial charge on any atom is -0.333 e. The van der Waals surface area contributed by atoms with Crippen LogP contribution in [0.4, 0.5) is 0 Å². The fraction of sp³-hybridized carbons (Fsp3) is 0.444. The molecular weight excluding hydrogens is 398 g/mol. The molecule has 0 fully saturated rings. The Morgan fingerprint density at radius 3 is 2.44 bits per heavy atom. The Morgan fingerprint density at radius 1 is 1.12 bits per heavy atom. The van der Waals surface area contributed by atoms with Gasteiger partial charge < -0.3 is 4.90 Å². The molecule has 0 aliphatic rings. The Labute approximate surface area is 191 Å². The van der Waals surface area contributed by atoms with Crippen LogP contribution in [-0.2, 0) is 4.79 Å². The molecule has 0 saturated heterocycles. The summed E-state index contributed by atoms with van der Waals surface area (Å²) in [6, 6.07) is 13.1. The van der Waals surface area contributed by atoms with Crippen LogP contribution in [0.2, 0.25) is 0 Å². The highest BCUT2D eigenvalue weighted by molar-refractivity contribution is 5.79. The third-order valence-electron chi connectivity index (χ3n) is 5.70. The van der Waals surface area contributed by atoms with E-state index < -0.39 is 0 Å². The van der Waals surface area contributed by atoms with Gasteiger partial charge in [-0.05, 0) is 56.4 Å². The zero-order valence-electron chi connectivity index (χ0n) is 20.4. The maximum absolute atomic E-state index is 13.7. The smallest absolute Gasteiger partial charge is 0.266 e. The summed E-state index contributed by atoms with van der Waals surface area (Å²) in [6.45, 7) is 14.9. The van der Waals surface area contributed by atoms with Crippen LogP contribution >= 0.6 is 0 Å². The maximum atomic E-state index is 13.7. The average molecular weight is 434 g/mol. The minimum atomic E-state index is -0.345. The number of rotatable bonds is 6. The topological polar surface area (TPSA) is 55.2 Å². The lowest BCUT2D eigenvalue weighted by Gasteiger charge is -2.32. The average Bonchev–Trinajstić information content (AvgIpc) is 2.71. The number of carbonyl (C=O) groups is 1. The number of aryl methyl sites for hydroxylation is 2. The van der Waals surface area contributed by atoms with Crippen LogP contribution < -0.4 is 5.56 Å². The first-order chi connectivity index (χ1) is 15.0. The van der Waals surface area contributed by atoms with E-state index in [2.05, 4.69) is 33.8 Å². The van der Waals surface area contributed by atoms with Gasteiger partial charge in [-0.25, -0.2) is 4.98 Å². The predicted molar refractivity (Wildman–Crippen MR) is 131 cm³/mol. The number of para-hydroxylation sites is 1. The second kappa shape index (κ2) is 9.27. The molecule has 1 amide bonds. The molecule has 5 nitrogen and oxygen atoms in total. The van der Waals surface area contributed by atoms with E-state index >= 15 is 0 Å². The first kappa shape index (κ1) is 23.7. The highest BCUT2D eigenvalue weighted by Crippen LogP contribution is 2.28. The molecule has 0 spiro atoms. The van der Waals surface area contributed by atoms with Gasteiger partial charge in [0.1, 0.15) is 5.82 Å². The predicted octanol–water partition coefficient (Wildman–Crippen LogP) is 5.74. The van der Waals surface area contributed by atoms with Gasteiger partial charge in [-0.1, -0.05) is 57.5 Å². The van der Waals surface area contributed by atoms with Crippen molar-refractivity contribution in [3.8, 4) is 5.69 Å². The lowest BCUT2D eigenvalue weighted by atomic mass is 9.91. The van der Waals surface area contributed by atoms with Crippen LogP contribution in [-0.4, -0.2) is 26.9 Å². The molecule has 3 aromatic rings. The summed E-state index contributed by atoms with van der Waals surface area (Å²) >= 11 is 0. The molecule has 5 heteroatoms. The van der Waals surface area contributed by atoms with Crippen LogP contribution in [0, 0.1) is 19.3 Å². The van der Waals surface area contributed by atoms with Crippen molar-refractivity contribution in [2.24, 2.45) is 5.41 Å². The normalized spacial score (nSPS) is 12.7. The third-order valence-corrected chi connectivity index (χ3v) is 5.70. The zero-order valence-corrected chi connectivity index (χ0v) is 20.4. The van der Waals surface area contributed by atoms with E-state index in [1.165, 1.54) is 0 Å². The number of hydrogen-bond acceptors (Lipinski definition) is 3. The molecule has 0 aliphatic heterocycles. The van der Waals surface area contributed by atoms with Crippen LogP contribution in [0.3, 0.4) is 0 Å². The lowest BCUT2D eigenvalue weighted by molar-refractivity contribution is -0.135. The van der Waals surface area contributed by atoms with E-state index in [1.807, 2.05) is 62.1 Å². The van der Waals surface area contributed by atoms with E-state index in [4.69, 9.17) is 4.98 Å². The molecule has 170 valence electrons. The molecule has 1 aromatic heterocycles. The fourth-order valence-corrected chi connectivity index (χ4v) is 4.19. The van der Waals surface area contributed by atoms with Crippen molar-refractivity contribution in [3.05, 3.63) is 69.8 Å². The summed E-state index contributed by atoms with van der Waals surface area (Å²) in [6.07, 6.45) is 1.28. The number of benzene rings is 2. The van der Waals surface area contributed by atoms with Gasteiger partial charge in [0.25, 0.3) is 5.56 Å². The van der Waals surface area contributed by atoms with Crippen LogP contribution in [0.1, 0.15) is 70.5 Å². The SMILES string of the molecule is CCCN(C(=O)CC(C)(C)C)C(C)c1nc2ccccc2c(=O)n1-c1ccc(C)cc1C.